The van der Waals surface area contributed by atoms with Crippen LogP contribution in [0.1, 0.15) is 35.8 Å². The standard InChI is InChI=1S/C18H22ClN3O/c1-3-4-11-22(2)18(23)17-12-15(9-10-20-17)21-13-14-7-5-6-8-16(14)19/h5-10,12H,3-4,11,13H2,1-2H3,(H,20,21). The van der Waals surface area contributed by atoms with E-state index in [1.165, 1.54) is 0 Å². The van der Waals surface area contributed by atoms with Crippen molar-refractivity contribution in [1.29, 1.82) is 0 Å². The highest BCUT2D eigenvalue weighted by Crippen LogP contribution is 2.17. The van der Waals surface area contributed by atoms with E-state index in [0.29, 0.717) is 12.2 Å². The maximum Gasteiger partial charge on any atom is 0.272 e. The van der Waals surface area contributed by atoms with E-state index in [-0.39, 0.29) is 5.91 Å². The molecule has 2 rings (SSSR count). The number of rotatable bonds is 7. The van der Waals surface area contributed by atoms with Crippen molar-refractivity contribution in [2.75, 3.05) is 18.9 Å². The zero-order valence-electron chi connectivity index (χ0n) is 13.6. The number of nitrogens with one attached hydrogen (secondary N) is 1. The van der Waals surface area contributed by atoms with Gasteiger partial charge in [-0.15, -0.1) is 0 Å². The SMILES string of the molecule is CCCCN(C)C(=O)c1cc(NCc2ccccc2Cl)ccn1. The number of carbonyl (C=O) groups excluding carboxylic acids is 1. The molecule has 0 fully saturated rings. The Morgan fingerprint density at radius 1 is 1.30 bits per heavy atom. The third kappa shape index (κ3) is 4.96. The molecule has 5 heteroatoms. The van der Waals surface area contributed by atoms with Crippen LogP contribution in [0.25, 0.3) is 0 Å². The van der Waals surface area contributed by atoms with E-state index in [2.05, 4.69) is 17.2 Å². The number of pyridine rings is 1. The fraction of sp³-hybridized carbons (Fsp3) is 0.333. The maximum absolute atomic E-state index is 12.3. The van der Waals surface area contributed by atoms with Gasteiger partial charge >= 0.3 is 0 Å². The molecular formula is C18H22ClN3O. The van der Waals surface area contributed by atoms with E-state index in [0.717, 1.165) is 35.7 Å². The van der Waals surface area contributed by atoms with Crippen molar-refractivity contribution < 1.29 is 4.79 Å². The molecule has 0 unspecified atom stereocenters. The van der Waals surface area contributed by atoms with Crippen LogP contribution in [0.5, 0.6) is 0 Å². The predicted molar refractivity (Wildman–Crippen MR) is 94.9 cm³/mol. The van der Waals surface area contributed by atoms with E-state index < -0.39 is 0 Å². The first-order valence-corrected chi connectivity index (χ1v) is 8.18. The summed E-state index contributed by atoms with van der Waals surface area (Å²) in [5.74, 6) is -0.0557. The summed E-state index contributed by atoms with van der Waals surface area (Å²) in [7, 11) is 1.81. The van der Waals surface area contributed by atoms with Gasteiger partial charge < -0.3 is 10.2 Å². The number of amides is 1. The van der Waals surface area contributed by atoms with Gasteiger partial charge in [0.25, 0.3) is 5.91 Å². The minimum atomic E-state index is -0.0557. The van der Waals surface area contributed by atoms with Crippen LogP contribution < -0.4 is 5.32 Å². The summed E-state index contributed by atoms with van der Waals surface area (Å²) >= 11 is 6.15. The molecule has 4 nitrogen and oxygen atoms in total. The number of unbranched alkanes of at least 4 members (excludes halogenated alkanes) is 1. The minimum absolute atomic E-state index is 0.0557. The molecule has 23 heavy (non-hydrogen) atoms. The van der Waals surface area contributed by atoms with E-state index in [1.807, 2.05) is 37.4 Å². The lowest BCUT2D eigenvalue weighted by Gasteiger charge is -2.16. The zero-order valence-corrected chi connectivity index (χ0v) is 14.3. The summed E-state index contributed by atoms with van der Waals surface area (Å²) in [5, 5.41) is 4.01. The van der Waals surface area contributed by atoms with Crippen molar-refractivity contribution in [2.24, 2.45) is 0 Å². The third-order valence-electron chi connectivity index (χ3n) is 3.61. The van der Waals surface area contributed by atoms with Gasteiger partial charge in [-0.3, -0.25) is 9.78 Å². The van der Waals surface area contributed by atoms with E-state index in [4.69, 9.17) is 11.6 Å². The fourth-order valence-corrected chi connectivity index (χ4v) is 2.39. The number of anilines is 1. The average molecular weight is 332 g/mol. The Balaban J connectivity index is 2.02. The summed E-state index contributed by atoms with van der Waals surface area (Å²) in [6.07, 6.45) is 3.70. The normalized spacial score (nSPS) is 10.4. The van der Waals surface area contributed by atoms with E-state index >= 15 is 0 Å². The molecule has 2 aromatic rings. The Kier molecular flexibility index (Phi) is 6.41. The molecule has 0 saturated heterocycles. The second-order valence-corrected chi connectivity index (χ2v) is 5.86. The van der Waals surface area contributed by atoms with Gasteiger partial charge in [-0.25, -0.2) is 0 Å². The van der Waals surface area contributed by atoms with Crippen molar-refractivity contribution in [3.8, 4) is 0 Å². The Labute approximate surface area is 142 Å². The fourth-order valence-electron chi connectivity index (χ4n) is 2.19. The second kappa shape index (κ2) is 8.53. The summed E-state index contributed by atoms with van der Waals surface area (Å²) in [6, 6.07) is 11.3. The number of benzene rings is 1. The summed E-state index contributed by atoms with van der Waals surface area (Å²) in [4.78, 5) is 18.2. The van der Waals surface area contributed by atoms with Crippen LogP contribution in [0.3, 0.4) is 0 Å². The number of hydrogen-bond donors (Lipinski definition) is 1. The lowest BCUT2D eigenvalue weighted by atomic mass is 10.2. The summed E-state index contributed by atoms with van der Waals surface area (Å²) < 4.78 is 0. The molecule has 1 heterocycles. The molecular weight excluding hydrogens is 310 g/mol. The monoisotopic (exact) mass is 331 g/mol. The highest BCUT2D eigenvalue weighted by molar-refractivity contribution is 6.31. The predicted octanol–water partition coefficient (Wildman–Crippen LogP) is 4.22. The molecule has 1 aromatic carbocycles. The van der Waals surface area contributed by atoms with Crippen molar-refractivity contribution in [2.45, 2.75) is 26.3 Å². The molecule has 0 radical (unpaired) electrons. The van der Waals surface area contributed by atoms with Gasteiger partial charge in [0, 0.05) is 37.0 Å². The molecule has 1 N–H and O–H groups in total. The number of hydrogen-bond acceptors (Lipinski definition) is 3. The minimum Gasteiger partial charge on any atom is -0.381 e. The topological polar surface area (TPSA) is 45.2 Å². The molecule has 0 spiro atoms. The lowest BCUT2D eigenvalue weighted by molar-refractivity contribution is 0.0787. The van der Waals surface area contributed by atoms with Gasteiger partial charge in [-0.2, -0.15) is 0 Å². The van der Waals surface area contributed by atoms with Crippen LogP contribution in [0.2, 0.25) is 5.02 Å². The Morgan fingerprint density at radius 2 is 2.09 bits per heavy atom. The Morgan fingerprint density at radius 3 is 2.83 bits per heavy atom. The van der Waals surface area contributed by atoms with Crippen LogP contribution >= 0.6 is 11.6 Å². The summed E-state index contributed by atoms with van der Waals surface area (Å²) in [5.41, 5.74) is 2.32. The lowest BCUT2D eigenvalue weighted by Crippen LogP contribution is -2.28. The first-order valence-electron chi connectivity index (χ1n) is 7.80. The quantitative estimate of drug-likeness (QED) is 0.826. The van der Waals surface area contributed by atoms with Crippen LogP contribution in [0.15, 0.2) is 42.6 Å². The first-order chi connectivity index (χ1) is 11.1. The summed E-state index contributed by atoms with van der Waals surface area (Å²) in [6.45, 7) is 3.45. The molecule has 0 aliphatic carbocycles. The van der Waals surface area contributed by atoms with Gasteiger partial charge in [0.05, 0.1) is 0 Å². The van der Waals surface area contributed by atoms with Crippen molar-refractivity contribution in [3.63, 3.8) is 0 Å². The van der Waals surface area contributed by atoms with Gasteiger partial charge in [0.1, 0.15) is 5.69 Å². The Bertz CT molecular complexity index is 660. The van der Waals surface area contributed by atoms with Crippen molar-refractivity contribution in [3.05, 3.63) is 58.9 Å². The molecule has 0 aliphatic heterocycles. The molecule has 0 saturated carbocycles. The maximum atomic E-state index is 12.3. The van der Waals surface area contributed by atoms with Gasteiger partial charge in [-0.05, 0) is 30.2 Å². The highest BCUT2D eigenvalue weighted by Gasteiger charge is 2.13. The largest absolute Gasteiger partial charge is 0.381 e. The molecule has 1 amide bonds. The van der Waals surface area contributed by atoms with Gasteiger partial charge in [0.15, 0.2) is 0 Å². The van der Waals surface area contributed by atoms with E-state index in [1.54, 1.807) is 17.2 Å². The number of halogens is 1. The smallest absolute Gasteiger partial charge is 0.272 e. The van der Waals surface area contributed by atoms with Crippen LogP contribution in [-0.4, -0.2) is 29.4 Å². The van der Waals surface area contributed by atoms with Crippen LogP contribution in [0.4, 0.5) is 5.69 Å². The van der Waals surface area contributed by atoms with Crippen molar-refractivity contribution in [1.82, 2.24) is 9.88 Å². The number of carbonyl (C=O) groups is 1. The van der Waals surface area contributed by atoms with Crippen LogP contribution in [-0.2, 0) is 6.54 Å². The van der Waals surface area contributed by atoms with Gasteiger partial charge in [-0.1, -0.05) is 43.1 Å². The zero-order chi connectivity index (χ0) is 16.7. The average Bonchev–Trinajstić information content (AvgIpc) is 2.58. The second-order valence-electron chi connectivity index (χ2n) is 5.45. The molecule has 0 atom stereocenters. The van der Waals surface area contributed by atoms with Crippen molar-refractivity contribution >= 4 is 23.2 Å². The molecule has 1 aromatic heterocycles. The Hall–Kier alpha value is -2.07. The third-order valence-corrected chi connectivity index (χ3v) is 3.98. The highest BCUT2D eigenvalue weighted by atomic mass is 35.5. The first kappa shape index (κ1) is 17.3. The number of aromatic nitrogens is 1. The van der Waals surface area contributed by atoms with Crippen LogP contribution in [0, 0.1) is 0 Å². The molecule has 0 aliphatic rings. The number of nitrogens with zero attached hydrogens (tertiary/aromatic N) is 2. The van der Waals surface area contributed by atoms with Gasteiger partial charge in [0.2, 0.25) is 0 Å². The molecule has 0 bridgehead atoms. The van der Waals surface area contributed by atoms with E-state index in [9.17, 15) is 4.79 Å². The molecule has 122 valence electrons.